The van der Waals surface area contributed by atoms with Crippen LogP contribution in [0.5, 0.6) is 0 Å². The molecule has 0 saturated carbocycles. The molecule has 0 aromatic rings. The van der Waals surface area contributed by atoms with Crippen molar-refractivity contribution in [2.24, 2.45) is 5.92 Å². The van der Waals surface area contributed by atoms with Gasteiger partial charge in [0.05, 0.1) is 12.2 Å². The van der Waals surface area contributed by atoms with Gasteiger partial charge in [-0.15, -0.1) is 0 Å². The molecule has 3 N–H and O–H groups in total. The van der Waals surface area contributed by atoms with Crippen LogP contribution in [0.3, 0.4) is 0 Å². The molecule has 0 aromatic carbocycles. The zero-order valence-corrected chi connectivity index (χ0v) is 19.0. The lowest BCUT2D eigenvalue weighted by Crippen LogP contribution is -2.25. The van der Waals surface area contributed by atoms with E-state index in [9.17, 15) is 19.8 Å². The molecule has 0 aliphatic heterocycles. The monoisotopic (exact) mass is 415 g/mol. The summed E-state index contributed by atoms with van der Waals surface area (Å²) in [7, 11) is 0. The number of hydrogen-bond acceptors (Lipinski definition) is 5. The number of thioether (sulfide) groups is 1. The zero-order valence-electron chi connectivity index (χ0n) is 18.2. The molecule has 28 heavy (non-hydrogen) atoms. The van der Waals surface area contributed by atoms with Gasteiger partial charge in [0.2, 0.25) is 11.0 Å². The highest BCUT2D eigenvalue weighted by atomic mass is 32.2. The van der Waals surface area contributed by atoms with Crippen LogP contribution in [0.2, 0.25) is 0 Å². The SMILES string of the molecule is CCCCCCCC(=O)NCCSC(=O)/C(C)=C/CC[C@@H](O)C[C@H](O)C(C)C. The van der Waals surface area contributed by atoms with Gasteiger partial charge in [-0.2, -0.15) is 0 Å². The van der Waals surface area contributed by atoms with E-state index >= 15 is 0 Å². The van der Waals surface area contributed by atoms with E-state index in [-0.39, 0.29) is 16.9 Å². The largest absolute Gasteiger partial charge is 0.393 e. The fourth-order valence-electron chi connectivity index (χ4n) is 2.67. The molecule has 0 heterocycles. The molecule has 0 spiro atoms. The second kappa shape index (κ2) is 17.0. The number of aliphatic hydroxyl groups is 2. The molecule has 0 bridgehead atoms. The molecule has 6 heteroatoms. The van der Waals surface area contributed by atoms with E-state index in [0.29, 0.717) is 43.6 Å². The molecule has 0 radical (unpaired) electrons. The maximum atomic E-state index is 12.1. The van der Waals surface area contributed by atoms with E-state index in [4.69, 9.17) is 0 Å². The highest BCUT2D eigenvalue weighted by Gasteiger charge is 2.14. The Morgan fingerprint density at radius 1 is 1.11 bits per heavy atom. The van der Waals surface area contributed by atoms with Crippen LogP contribution in [-0.4, -0.2) is 45.7 Å². The van der Waals surface area contributed by atoms with Gasteiger partial charge < -0.3 is 15.5 Å². The summed E-state index contributed by atoms with van der Waals surface area (Å²) in [5, 5.41) is 22.6. The van der Waals surface area contributed by atoms with E-state index in [1.165, 1.54) is 31.0 Å². The molecule has 0 saturated heterocycles. The lowest BCUT2D eigenvalue weighted by molar-refractivity contribution is -0.121. The Balaban J connectivity index is 3.85. The summed E-state index contributed by atoms with van der Waals surface area (Å²) in [6.07, 6.45) is 8.52. The first-order valence-corrected chi connectivity index (χ1v) is 11.7. The summed E-state index contributed by atoms with van der Waals surface area (Å²) in [6, 6.07) is 0. The van der Waals surface area contributed by atoms with Crippen molar-refractivity contribution < 1.29 is 19.8 Å². The van der Waals surface area contributed by atoms with Crippen LogP contribution in [0.1, 0.15) is 85.5 Å². The zero-order chi connectivity index (χ0) is 21.4. The van der Waals surface area contributed by atoms with Crippen LogP contribution in [0, 0.1) is 5.92 Å². The van der Waals surface area contributed by atoms with Crippen LogP contribution < -0.4 is 5.32 Å². The third kappa shape index (κ3) is 15.1. The summed E-state index contributed by atoms with van der Waals surface area (Å²) in [5.41, 5.74) is 0.670. The molecular formula is C22H41NO4S. The topological polar surface area (TPSA) is 86.6 Å². The van der Waals surface area contributed by atoms with E-state index in [1.807, 2.05) is 19.9 Å². The van der Waals surface area contributed by atoms with Crippen molar-refractivity contribution in [3.05, 3.63) is 11.6 Å². The maximum Gasteiger partial charge on any atom is 0.220 e. The first-order valence-electron chi connectivity index (χ1n) is 10.7. The molecule has 0 rings (SSSR count). The lowest BCUT2D eigenvalue weighted by Gasteiger charge is -2.18. The fourth-order valence-corrected chi connectivity index (χ4v) is 3.37. The van der Waals surface area contributed by atoms with Crippen LogP contribution in [0.4, 0.5) is 0 Å². The Kier molecular flexibility index (Phi) is 16.5. The van der Waals surface area contributed by atoms with Crippen molar-refractivity contribution in [3.8, 4) is 0 Å². The Morgan fingerprint density at radius 3 is 2.43 bits per heavy atom. The van der Waals surface area contributed by atoms with E-state index < -0.39 is 12.2 Å². The number of allylic oxidation sites excluding steroid dienone is 1. The smallest absolute Gasteiger partial charge is 0.220 e. The molecule has 0 aliphatic rings. The van der Waals surface area contributed by atoms with Gasteiger partial charge in [-0.05, 0) is 44.1 Å². The number of carbonyl (C=O) groups is 2. The molecule has 1 amide bonds. The Morgan fingerprint density at radius 2 is 1.79 bits per heavy atom. The van der Waals surface area contributed by atoms with Gasteiger partial charge in [-0.25, -0.2) is 0 Å². The molecule has 0 aromatic heterocycles. The Hall–Kier alpha value is -0.850. The standard InChI is InChI=1S/C22H41NO4S/c1-5-6-7-8-9-13-21(26)23-14-15-28-22(27)18(4)11-10-12-19(24)16-20(25)17(2)3/h11,17,19-20,24-25H,5-10,12-16H2,1-4H3,(H,23,26)/b18-11+/t19-,20+/m1/s1. The third-order valence-corrected chi connectivity index (χ3v) is 5.71. The summed E-state index contributed by atoms with van der Waals surface area (Å²) >= 11 is 1.21. The minimum atomic E-state index is -0.554. The van der Waals surface area contributed by atoms with Crippen molar-refractivity contribution in [1.82, 2.24) is 5.32 Å². The number of amides is 1. The number of aliphatic hydroxyl groups excluding tert-OH is 2. The average molecular weight is 416 g/mol. The number of nitrogens with one attached hydrogen (secondary N) is 1. The van der Waals surface area contributed by atoms with Crippen molar-refractivity contribution in [1.29, 1.82) is 0 Å². The van der Waals surface area contributed by atoms with Crippen molar-refractivity contribution in [2.75, 3.05) is 12.3 Å². The normalized spacial score (nSPS) is 14.2. The van der Waals surface area contributed by atoms with Gasteiger partial charge in [0.25, 0.3) is 0 Å². The Labute approximate surface area is 175 Å². The minimum absolute atomic E-state index is 0.00511. The molecule has 0 aliphatic carbocycles. The molecule has 0 unspecified atom stereocenters. The fraction of sp³-hybridized carbons (Fsp3) is 0.818. The number of rotatable bonds is 16. The second-order valence-corrected chi connectivity index (χ2v) is 8.88. The van der Waals surface area contributed by atoms with Gasteiger partial charge in [0, 0.05) is 18.7 Å². The van der Waals surface area contributed by atoms with Crippen LogP contribution in [-0.2, 0) is 9.59 Å². The number of unbranched alkanes of at least 4 members (excludes halogenated alkanes) is 4. The summed E-state index contributed by atoms with van der Waals surface area (Å²) in [5.74, 6) is 0.760. The van der Waals surface area contributed by atoms with Crippen LogP contribution in [0.15, 0.2) is 11.6 Å². The summed E-state index contributed by atoms with van der Waals surface area (Å²) in [4.78, 5) is 23.8. The van der Waals surface area contributed by atoms with Crippen molar-refractivity contribution in [2.45, 2.75) is 97.7 Å². The van der Waals surface area contributed by atoms with Crippen LogP contribution >= 0.6 is 11.8 Å². The summed E-state index contributed by atoms with van der Waals surface area (Å²) < 4.78 is 0. The molecule has 5 nitrogen and oxygen atoms in total. The van der Waals surface area contributed by atoms with E-state index in [0.717, 1.165) is 12.8 Å². The van der Waals surface area contributed by atoms with Gasteiger partial charge in [0.1, 0.15) is 0 Å². The van der Waals surface area contributed by atoms with Crippen molar-refractivity contribution in [3.63, 3.8) is 0 Å². The third-order valence-electron chi connectivity index (χ3n) is 4.72. The quantitative estimate of drug-likeness (QED) is 0.260. The average Bonchev–Trinajstić information content (AvgIpc) is 2.64. The van der Waals surface area contributed by atoms with Crippen molar-refractivity contribution >= 4 is 22.8 Å². The number of hydrogen-bond donors (Lipinski definition) is 3. The van der Waals surface area contributed by atoms with Gasteiger partial charge >= 0.3 is 0 Å². The highest BCUT2D eigenvalue weighted by molar-refractivity contribution is 8.14. The van der Waals surface area contributed by atoms with E-state index in [2.05, 4.69) is 12.2 Å². The second-order valence-electron chi connectivity index (χ2n) is 7.82. The van der Waals surface area contributed by atoms with Crippen LogP contribution in [0.25, 0.3) is 0 Å². The summed E-state index contributed by atoms with van der Waals surface area (Å²) in [6.45, 7) is 8.30. The molecular weight excluding hydrogens is 374 g/mol. The first-order chi connectivity index (χ1) is 13.3. The van der Waals surface area contributed by atoms with E-state index in [1.54, 1.807) is 6.92 Å². The first kappa shape index (κ1) is 27.1. The van der Waals surface area contributed by atoms with Gasteiger partial charge in [0.15, 0.2) is 0 Å². The van der Waals surface area contributed by atoms with Gasteiger partial charge in [-0.1, -0.05) is 64.3 Å². The predicted molar refractivity (Wildman–Crippen MR) is 118 cm³/mol. The maximum absolute atomic E-state index is 12.1. The highest BCUT2D eigenvalue weighted by Crippen LogP contribution is 2.15. The predicted octanol–water partition coefficient (Wildman–Crippen LogP) is 4.22. The number of carbonyl (C=O) groups excluding carboxylic acids is 2. The van der Waals surface area contributed by atoms with Gasteiger partial charge in [-0.3, -0.25) is 9.59 Å². The Bertz CT molecular complexity index is 465. The minimum Gasteiger partial charge on any atom is -0.393 e. The molecule has 0 fully saturated rings. The molecule has 2 atom stereocenters. The molecule has 164 valence electrons. The lowest BCUT2D eigenvalue weighted by atomic mass is 9.98.